The molecule has 1 aromatic carbocycles. The molecule has 1 aliphatic carbocycles. The molecule has 2 rings (SSSR count). The Morgan fingerprint density at radius 3 is 2.74 bits per heavy atom. The number of rotatable bonds is 4. The average molecular weight is 321 g/mol. The molecule has 19 heavy (non-hydrogen) atoms. The molecular weight excluding hydrogens is 300 g/mol. The number of benzene rings is 1. The predicted octanol–water partition coefficient (Wildman–Crippen LogP) is 5.09. The van der Waals surface area contributed by atoms with Gasteiger partial charge < -0.3 is 5.32 Å². The van der Waals surface area contributed by atoms with Gasteiger partial charge in [0.05, 0.1) is 11.3 Å². The number of anilines is 1. The fraction of sp³-hybridized carbons (Fsp3) is 0.562. The zero-order chi connectivity index (χ0) is 13.7. The standard InChI is InChI=1S/C16H21BrN2/c1-2-15(12-6-4-3-5-7-12)19-16-9-8-14(17)10-13(16)11-18/h8-10,12,15,19H,2-7H2,1H3. The summed E-state index contributed by atoms with van der Waals surface area (Å²) in [7, 11) is 0. The summed E-state index contributed by atoms with van der Waals surface area (Å²) < 4.78 is 0.959. The van der Waals surface area contributed by atoms with E-state index < -0.39 is 0 Å². The molecule has 0 spiro atoms. The van der Waals surface area contributed by atoms with E-state index in [-0.39, 0.29) is 0 Å². The average Bonchev–Trinajstić information content (AvgIpc) is 2.46. The van der Waals surface area contributed by atoms with Gasteiger partial charge in [-0.25, -0.2) is 0 Å². The van der Waals surface area contributed by atoms with Gasteiger partial charge in [0.25, 0.3) is 0 Å². The minimum absolute atomic E-state index is 0.494. The van der Waals surface area contributed by atoms with Gasteiger partial charge in [-0.15, -0.1) is 0 Å². The molecule has 1 atom stereocenters. The zero-order valence-corrected chi connectivity index (χ0v) is 13.0. The molecule has 1 aliphatic rings. The molecule has 0 heterocycles. The van der Waals surface area contributed by atoms with Crippen LogP contribution in [0.4, 0.5) is 5.69 Å². The molecule has 0 radical (unpaired) electrons. The first-order valence-corrected chi connectivity index (χ1v) is 8.00. The molecule has 3 heteroatoms. The summed E-state index contributed by atoms with van der Waals surface area (Å²) in [4.78, 5) is 0. The summed E-state index contributed by atoms with van der Waals surface area (Å²) in [6.45, 7) is 2.23. The Bertz CT molecular complexity index is 458. The summed E-state index contributed by atoms with van der Waals surface area (Å²) in [5.41, 5.74) is 1.70. The van der Waals surface area contributed by atoms with Gasteiger partial charge >= 0.3 is 0 Å². The Labute approximate surface area is 124 Å². The van der Waals surface area contributed by atoms with Crippen molar-refractivity contribution in [3.63, 3.8) is 0 Å². The van der Waals surface area contributed by atoms with Gasteiger partial charge in [-0.2, -0.15) is 5.26 Å². The van der Waals surface area contributed by atoms with Crippen molar-refractivity contribution in [2.45, 2.75) is 51.5 Å². The molecule has 0 saturated heterocycles. The van der Waals surface area contributed by atoms with E-state index in [4.69, 9.17) is 0 Å². The molecule has 0 aromatic heterocycles. The largest absolute Gasteiger partial charge is 0.381 e. The summed E-state index contributed by atoms with van der Waals surface area (Å²) >= 11 is 3.42. The highest BCUT2D eigenvalue weighted by Gasteiger charge is 2.22. The number of nitriles is 1. The molecule has 0 aliphatic heterocycles. The summed E-state index contributed by atoms with van der Waals surface area (Å²) in [5.74, 6) is 0.758. The number of halogens is 1. The van der Waals surface area contributed by atoms with E-state index in [2.05, 4.69) is 34.2 Å². The Morgan fingerprint density at radius 1 is 1.37 bits per heavy atom. The maximum absolute atomic E-state index is 9.23. The fourth-order valence-corrected chi connectivity index (χ4v) is 3.39. The van der Waals surface area contributed by atoms with E-state index in [0.29, 0.717) is 6.04 Å². The van der Waals surface area contributed by atoms with Gasteiger partial charge in [-0.1, -0.05) is 42.1 Å². The molecule has 1 fully saturated rings. The fourth-order valence-electron chi connectivity index (χ4n) is 3.02. The highest BCUT2D eigenvalue weighted by Crippen LogP contribution is 2.30. The zero-order valence-electron chi connectivity index (χ0n) is 11.5. The lowest BCUT2D eigenvalue weighted by Gasteiger charge is -2.31. The van der Waals surface area contributed by atoms with Gasteiger partial charge in [0.2, 0.25) is 0 Å². The van der Waals surface area contributed by atoms with Gasteiger partial charge in [0.1, 0.15) is 6.07 Å². The van der Waals surface area contributed by atoms with Crippen molar-refractivity contribution >= 4 is 21.6 Å². The van der Waals surface area contributed by atoms with Gasteiger partial charge in [-0.05, 0) is 43.4 Å². The first kappa shape index (κ1) is 14.4. The van der Waals surface area contributed by atoms with Crippen molar-refractivity contribution in [1.82, 2.24) is 0 Å². The van der Waals surface area contributed by atoms with Crippen LogP contribution in [0.5, 0.6) is 0 Å². The van der Waals surface area contributed by atoms with E-state index >= 15 is 0 Å². The smallest absolute Gasteiger partial charge is 0.101 e. The summed E-state index contributed by atoms with van der Waals surface area (Å²) in [6.07, 6.45) is 7.86. The Kier molecular flexibility index (Phi) is 5.27. The van der Waals surface area contributed by atoms with E-state index in [1.54, 1.807) is 0 Å². The first-order valence-electron chi connectivity index (χ1n) is 7.20. The molecule has 2 nitrogen and oxygen atoms in total. The van der Waals surface area contributed by atoms with Crippen LogP contribution in [-0.4, -0.2) is 6.04 Å². The van der Waals surface area contributed by atoms with Crippen LogP contribution < -0.4 is 5.32 Å². The summed E-state index contributed by atoms with van der Waals surface area (Å²) in [6, 6.07) is 8.66. The third-order valence-electron chi connectivity index (χ3n) is 4.10. The molecule has 1 unspecified atom stereocenters. The highest BCUT2D eigenvalue weighted by atomic mass is 79.9. The van der Waals surface area contributed by atoms with Crippen LogP contribution in [0.1, 0.15) is 51.0 Å². The van der Waals surface area contributed by atoms with Gasteiger partial charge in [0, 0.05) is 10.5 Å². The lowest BCUT2D eigenvalue weighted by atomic mass is 9.83. The highest BCUT2D eigenvalue weighted by molar-refractivity contribution is 9.10. The van der Waals surface area contributed by atoms with Crippen molar-refractivity contribution < 1.29 is 0 Å². The van der Waals surface area contributed by atoms with Crippen LogP contribution in [0.15, 0.2) is 22.7 Å². The van der Waals surface area contributed by atoms with Crippen LogP contribution in [0.3, 0.4) is 0 Å². The van der Waals surface area contributed by atoms with Crippen molar-refractivity contribution in [3.8, 4) is 6.07 Å². The maximum Gasteiger partial charge on any atom is 0.101 e. The molecule has 102 valence electrons. The van der Waals surface area contributed by atoms with E-state index in [9.17, 15) is 5.26 Å². The lowest BCUT2D eigenvalue weighted by Crippen LogP contribution is -2.30. The quantitative estimate of drug-likeness (QED) is 0.838. The number of hydrogen-bond acceptors (Lipinski definition) is 2. The van der Waals surface area contributed by atoms with Crippen molar-refractivity contribution in [2.24, 2.45) is 5.92 Å². The number of nitrogens with zero attached hydrogens (tertiary/aromatic N) is 1. The second kappa shape index (κ2) is 6.96. The first-order chi connectivity index (χ1) is 9.24. The molecule has 0 bridgehead atoms. The summed E-state index contributed by atoms with van der Waals surface area (Å²) in [5, 5.41) is 12.8. The van der Waals surface area contributed by atoms with Crippen molar-refractivity contribution in [2.75, 3.05) is 5.32 Å². The SMILES string of the molecule is CCC(Nc1ccc(Br)cc1C#N)C1CCCCC1. The molecule has 1 saturated carbocycles. The molecular formula is C16H21BrN2. The molecule has 0 amide bonds. The minimum atomic E-state index is 0.494. The lowest BCUT2D eigenvalue weighted by molar-refractivity contribution is 0.313. The van der Waals surface area contributed by atoms with E-state index in [1.807, 2.05) is 18.2 Å². The monoisotopic (exact) mass is 320 g/mol. The third kappa shape index (κ3) is 3.73. The van der Waals surface area contributed by atoms with Crippen LogP contribution in [0.2, 0.25) is 0 Å². The van der Waals surface area contributed by atoms with Crippen LogP contribution in [0, 0.1) is 17.2 Å². The Balaban J connectivity index is 2.11. The van der Waals surface area contributed by atoms with Crippen molar-refractivity contribution in [1.29, 1.82) is 5.26 Å². The van der Waals surface area contributed by atoms with Crippen LogP contribution in [0.25, 0.3) is 0 Å². The minimum Gasteiger partial charge on any atom is -0.381 e. The van der Waals surface area contributed by atoms with Gasteiger partial charge in [-0.3, -0.25) is 0 Å². The second-order valence-corrected chi connectivity index (χ2v) is 6.27. The molecule has 1 N–H and O–H groups in total. The topological polar surface area (TPSA) is 35.8 Å². The Morgan fingerprint density at radius 2 is 2.11 bits per heavy atom. The maximum atomic E-state index is 9.23. The van der Waals surface area contributed by atoms with E-state index in [1.165, 1.54) is 32.1 Å². The van der Waals surface area contributed by atoms with E-state index in [0.717, 1.165) is 28.1 Å². The number of hydrogen-bond donors (Lipinski definition) is 1. The molecule has 1 aromatic rings. The number of nitrogens with one attached hydrogen (secondary N) is 1. The normalized spacial score (nSPS) is 17.7. The second-order valence-electron chi connectivity index (χ2n) is 5.36. The van der Waals surface area contributed by atoms with Crippen molar-refractivity contribution in [3.05, 3.63) is 28.2 Å². The Hall–Kier alpha value is -1.01. The third-order valence-corrected chi connectivity index (χ3v) is 4.59. The van der Waals surface area contributed by atoms with Crippen LogP contribution in [-0.2, 0) is 0 Å². The van der Waals surface area contributed by atoms with Gasteiger partial charge in [0.15, 0.2) is 0 Å². The van der Waals surface area contributed by atoms with Crippen LogP contribution >= 0.6 is 15.9 Å². The predicted molar refractivity (Wildman–Crippen MR) is 83.1 cm³/mol.